The van der Waals surface area contributed by atoms with Crippen molar-refractivity contribution in [2.24, 2.45) is 0 Å². The molecule has 1 unspecified atom stereocenters. The van der Waals surface area contributed by atoms with Gasteiger partial charge in [-0.15, -0.1) is 0 Å². The maximum absolute atomic E-state index is 5.53. The number of hydrogen-bond acceptors (Lipinski definition) is 2. The zero-order valence-corrected chi connectivity index (χ0v) is 15.5. The SMILES string of the molecule is COC1CCN(C(C=C(C)C)CC(C)(C)c2ccccc2)CC1. The summed E-state index contributed by atoms with van der Waals surface area (Å²) in [6, 6.07) is 11.4. The van der Waals surface area contributed by atoms with Crippen molar-refractivity contribution < 1.29 is 4.74 Å². The molecule has 1 saturated heterocycles. The number of ether oxygens (including phenoxy) is 1. The van der Waals surface area contributed by atoms with Crippen molar-refractivity contribution in [2.75, 3.05) is 20.2 Å². The standard InChI is InChI=1S/C21H33NO/c1-17(2)15-19(22-13-11-20(23-5)12-14-22)16-21(3,4)18-9-7-6-8-10-18/h6-10,15,19-20H,11-14,16H2,1-5H3. The van der Waals surface area contributed by atoms with Gasteiger partial charge in [-0.2, -0.15) is 0 Å². The molecule has 2 nitrogen and oxygen atoms in total. The van der Waals surface area contributed by atoms with E-state index in [1.54, 1.807) is 0 Å². The lowest BCUT2D eigenvalue weighted by Crippen LogP contribution is -2.44. The zero-order chi connectivity index (χ0) is 16.9. The average molecular weight is 316 g/mol. The summed E-state index contributed by atoms with van der Waals surface area (Å²) in [4.78, 5) is 2.65. The van der Waals surface area contributed by atoms with E-state index >= 15 is 0 Å². The molecular formula is C21H33NO. The van der Waals surface area contributed by atoms with Gasteiger partial charge in [-0.25, -0.2) is 0 Å². The number of methoxy groups -OCH3 is 1. The third-order valence-electron chi connectivity index (χ3n) is 5.08. The Bertz CT molecular complexity index is 494. The highest BCUT2D eigenvalue weighted by atomic mass is 16.5. The Kier molecular flexibility index (Phi) is 6.43. The van der Waals surface area contributed by atoms with Crippen LogP contribution in [0.5, 0.6) is 0 Å². The molecule has 1 aromatic rings. The zero-order valence-electron chi connectivity index (χ0n) is 15.5. The first-order chi connectivity index (χ1) is 10.9. The highest BCUT2D eigenvalue weighted by Gasteiger charge is 2.30. The molecule has 0 amide bonds. The third-order valence-corrected chi connectivity index (χ3v) is 5.08. The van der Waals surface area contributed by atoms with Gasteiger partial charge in [-0.3, -0.25) is 4.90 Å². The molecule has 0 N–H and O–H groups in total. The fraction of sp³-hybridized carbons (Fsp3) is 0.619. The van der Waals surface area contributed by atoms with Crippen LogP contribution in [-0.2, 0) is 10.2 Å². The Morgan fingerprint density at radius 3 is 2.35 bits per heavy atom. The molecule has 1 atom stereocenters. The second kappa shape index (κ2) is 8.12. The second-order valence-electron chi connectivity index (χ2n) is 7.74. The molecule has 0 bridgehead atoms. The Morgan fingerprint density at radius 2 is 1.83 bits per heavy atom. The van der Waals surface area contributed by atoms with E-state index in [2.05, 4.69) is 69.0 Å². The number of hydrogen-bond donors (Lipinski definition) is 0. The van der Waals surface area contributed by atoms with Gasteiger partial charge in [-0.1, -0.05) is 55.8 Å². The molecule has 23 heavy (non-hydrogen) atoms. The molecule has 2 rings (SSSR count). The molecule has 1 aliphatic rings. The van der Waals surface area contributed by atoms with Gasteiger partial charge in [0.05, 0.1) is 6.10 Å². The van der Waals surface area contributed by atoms with Crippen molar-refractivity contribution in [3.05, 3.63) is 47.5 Å². The number of piperidine rings is 1. The molecule has 0 radical (unpaired) electrons. The third kappa shape index (κ3) is 5.19. The molecule has 1 aromatic carbocycles. The van der Waals surface area contributed by atoms with E-state index in [9.17, 15) is 0 Å². The minimum absolute atomic E-state index is 0.177. The van der Waals surface area contributed by atoms with Crippen molar-refractivity contribution in [2.45, 2.75) is 64.5 Å². The van der Waals surface area contributed by atoms with Crippen LogP contribution in [0.3, 0.4) is 0 Å². The summed E-state index contributed by atoms with van der Waals surface area (Å²) in [5.41, 5.74) is 3.02. The van der Waals surface area contributed by atoms with Crippen LogP contribution in [-0.4, -0.2) is 37.2 Å². The van der Waals surface area contributed by atoms with E-state index in [1.165, 1.54) is 11.1 Å². The summed E-state index contributed by atoms with van der Waals surface area (Å²) in [5, 5.41) is 0. The van der Waals surface area contributed by atoms with Crippen LogP contribution in [0.15, 0.2) is 42.0 Å². The highest BCUT2D eigenvalue weighted by Crippen LogP contribution is 2.31. The topological polar surface area (TPSA) is 12.5 Å². The van der Waals surface area contributed by atoms with Crippen molar-refractivity contribution in [3.8, 4) is 0 Å². The number of allylic oxidation sites excluding steroid dienone is 1. The summed E-state index contributed by atoms with van der Waals surface area (Å²) < 4.78 is 5.53. The highest BCUT2D eigenvalue weighted by molar-refractivity contribution is 5.24. The van der Waals surface area contributed by atoms with Gasteiger partial charge in [0.1, 0.15) is 0 Å². The monoisotopic (exact) mass is 315 g/mol. The Balaban J connectivity index is 2.11. The molecule has 2 heteroatoms. The van der Waals surface area contributed by atoms with Crippen LogP contribution < -0.4 is 0 Å². The first-order valence-electron chi connectivity index (χ1n) is 8.90. The molecule has 128 valence electrons. The fourth-order valence-electron chi connectivity index (χ4n) is 3.65. The molecule has 0 aliphatic carbocycles. The van der Waals surface area contributed by atoms with Gasteiger partial charge in [-0.05, 0) is 44.1 Å². The van der Waals surface area contributed by atoms with Crippen LogP contribution >= 0.6 is 0 Å². The van der Waals surface area contributed by atoms with Gasteiger partial charge >= 0.3 is 0 Å². The van der Waals surface area contributed by atoms with E-state index in [0.717, 1.165) is 32.4 Å². The predicted octanol–water partition coefficient (Wildman–Crippen LogP) is 4.80. The molecule has 1 aliphatic heterocycles. The summed E-state index contributed by atoms with van der Waals surface area (Å²) in [6.45, 7) is 11.4. The Morgan fingerprint density at radius 1 is 1.22 bits per heavy atom. The van der Waals surface area contributed by atoms with Gasteiger partial charge in [0.25, 0.3) is 0 Å². The lowest BCUT2D eigenvalue weighted by Gasteiger charge is -2.39. The summed E-state index contributed by atoms with van der Waals surface area (Å²) in [7, 11) is 1.84. The van der Waals surface area contributed by atoms with Crippen LogP contribution in [0.25, 0.3) is 0 Å². The minimum atomic E-state index is 0.177. The van der Waals surface area contributed by atoms with Crippen molar-refractivity contribution in [1.29, 1.82) is 0 Å². The van der Waals surface area contributed by atoms with E-state index in [-0.39, 0.29) is 5.41 Å². The number of benzene rings is 1. The number of likely N-dealkylation sites (tertiary alicyclic amines) is 1. The average Bonchev–Trinajstić information content (AvgIpc) is 2.54. The molecule has 1 heterocycles. The summed E-state index contributed by atoms with van der Waals surface area (Å²) in [5.74, 6) is 0. The van der Waals surface area contributed by atoms with Crippen molar-refractivity contribution in [3.63, 3.8) is 0 Å². The van der Waals surface area contributed by atoms with Crippen LogP contribution in [0.4, 0.5) is 0 Å². The molecule has 1 fully saturated rings. The second-order valence-corrected chi connectivity index (χ2v) is 7.74. The molecular weight excluding hydrogens is 282 g/mol. The van der Waals surface area contributed by atoms with Crippen LogP contribution in [0, 0.1) is 0 Å². The summed E-state index contributed by atoms with van der Waals surface area (Å²) >= 11 is 0. The van der Waals surface area contributed by atoms with Crippen molar-refractivity contribution in [1.82, 2.24) is 4.90 Å². The normalized spacial score (nSPS) is 18.7. The molecule has 0 aromatic heterocycles. The van der Waals surface area contributed by atoms with Gasteiger partial charge < -0.3 is 4.74 Å². The quantitative estimate of drug-likeness (QED) is 0.699. The first kappa shape index (κ1) is 18.2. The Hall–Kier alpha value is -1.12. The van der Waals surface area contributed by atoms with Crippen LogP contribution in [0.1, 0.15) is 52.5 Å². The van der Waals surface area contributed by atoms with Crippen LogP contribution in [0.2, 0.25) is 0 Å². The lowest BCUT2D eigenvalue weighted by molar-refractivity contribution is 0.0299. The van der Waals surface area contributed by atoms with E-state index in [1.807, 2.05) is 7.11 Å². The van der Waals surface area contributed by atoms with Gasteiger partial charge in [0, 0.05) is 26.2 Å². The van der Waals surface area contributed by atoms with Gasteiger partial charge in [0.2, 0.25) is 0 Å². The predicted molar refractivity (Wildman–Crippen MR) is 98.9 cm³/mol. The Labute approximate surface area is 142 Å². The maximum atomic E-state index is 5.53. The summed E-state index contributed by atoms with van der Waals surface area (Å²) in [6.07, 6.45) is 6.35. The smallest absolute Gasteiger partial charge is 0.0595 e. The fourth-order valence-corrected chi connectivity index (χ4v) is 3.65. The largest absolute Gasteiger partial charge is 0.381 e. The first-order valence-corrected chi connectivity index (χ1v) is 8.90. The van der Waals surface area contributed by atoms with E-state index in [0.29, 0.717) is 12.1 Å². The number of rotatable bonds is 6. The minimum Gasteiger partial charge on any atom is -0.381 e. The number of nitrogens with zero attached hydrogens (tertiary/aromatic N) is 1. The molecule has 0 spiro atoms. The van der Waals surface area contributed by atoms with Gasteiger partial charge in [0.15, 0.2) is 0 Å². The van der Waals surface area contributed by atoms with E-state index in [4.69, 9.17) is 4.74 Å². The molecule has 0 saturated carbocycles. The lowest BCUT2D eigenvalue weighted by atomic mass is 9.78. The maximum Gasteiger partial charge on any atom is 0.0595 e. The van der Waals surface area contributed by atoms with E-state index < -0.39 is 0 Å². The van der Waals surface area contributed by atoms with Crippen molar-refractivity contribution >= 4 is 0 Å².